The Balaban J connectivity index is 1.69. The number of ether oxygens (including phenoxy) is 1. The molecule has 0 amide bonds. The maximum atomic E-state index is 12.7. The van der Waals surface area contributed by atoms with Gasteiger partial charge in [0, 0.05) is 47.3 Å². The van der Waals surface area contributed by atoms with Crippen LogP contribution in [0.3, 0.4) is 0 Å². The van der Waals surface area contributed by atoms with Crippen molar-refractivity contribution < 1.29 is 45.4 Å². The molecule has 0 bridgehead atoms. The number of nitrogens with zero attached hydrogens (tertiary/aromatic N) is 1. The van der Waals surface area contributed by atoms with Gasteiger partial charge in [-0.25, -0.2) is 0 Å². The summed E-state index contributed by atoms with van der Waals surface area (Å²) in [5.74, 6) is -2.87. The molecule has 1 aromatic carbocycles. The van der Waals surface area contributed by atoms with E-state index in [1.165, 1.54) is 0 Å². The lowest BCUT2D eigenvalue weighted by molar-refractivity contribution is -0.137. The number of fused-ring (bicyclic) bond motifs is 5. The van der Waals surface area contributed by atoms with E-state index in [2.05, 4.69) is 17.9 Å². The fraction of sp³-hybridized carbons (Fsp3) is 0.407. The maximum Gasteiger partial charge on any atom is 0.303 e. The Labute approximate surface area is 232 Å². The molecule has 1 aromatic rings. The third-order valence-corrected chi connectivity index (χ3v) is 9.67. The maximum absolute atomic E-state index is 12.7. The standard InChI is InChI=1S/C27H29NO10S2/c1-15-7-8-19-18(12-15)27(2,10-5-3-4-6-22(29)30)26-17-13-16-14-21(39(32,33)34)23(31)25(40(35,36)37)24(16)38-20(17)9-11-28(19)26/h7-8,12-14,20H,3-6,9-11H2,1-2H3,(H,29,30)(H,32,33,34)(H,35,36,37). The van der Waals surface area contributed by atoms with Gasteiger partial charge in [-0.2, -0.15) is 16.8 Å². The zero-order chi connectivity index (χ0) is 29.2. The number of benzene rings is 1. The number of carboxylic acids is 1. The van der Waals surface area contributed by atoms with Gasteiger partial charge in [-0.1, -0.05) is 30.5 Å². The van der Waals surface area contributed by atoms with Crippen LogP contribution >= 0.6 is 0 Å². The first-order chi connectivity index (χ1) is 18.6. The summed E-state index contributed by atoms with van der Waals surface area (Å²) < 4.78 is 73.7. The monoisotopic (exact) mass is 591 g/mol. The second-order valence-corrected chi connectivity index (χ2v) is 13.5. The highest BCUT2D eigenvalue weighted by Crippen LogP contribution is 2.55. The second-order valence-electron chi connectivity index (χ2n) is 10.7. The molecule has 2 unspecified atom stereocenters. The largest absolute Gasteiger partial charge is 0.483 e. The van der Waals surface area contributed by atoms with Crippen LogP contribution in [0, 0.1) is 6.92 Å². The van der Waals surface area contributed by atoms with E-state index in [4.69, 9.17) is 9.84 Å². The number of carbonyl (C=O) groups is 2. The van der Waals surface area contributed by atoms with E-state index >= 15 is 0 Å². The van der Waals surface area contributed by atoms with Gasteiger partial charge in [0.05, 0.1) is 0 Å². The Bertz CT molecular complexity index is 1680. The Morgan fingerprint density at radius 1 is 1.10 bits per heavy atom. The number of aliphatic carboxylic acids is 1. The molecule has 5 rings (SSSR count). The zero-order valence-corrected chi connectivity index (χ0v) is 23.5. The topological polar surface area (TPSA) is 176 Å². The van der Waals surface area contributed by atoms with Crippen LogP contribution in [0.1, 0.15) is 56.6 Å². The summed E-state index contributed by atoms with van der Waals surface area (Å²) in [6.07, 6.45) is 4.91. The molecule has 3 N–H and O–H groups in total. The fourth-order valence-electron chi connectivity index (χ4n) is 6.19. The minimum absolute atomic E-state index is 0.0728. The van der Waals surface area contributed by atoms with Gasteiger partial charge in [-0.3, -0.25) is 18.7 Å². The van der Waals surface area contributed by atoms with Crippen LogP contribution in [0.2, 0.25) is 0 Å². The summed E-state index contributed by atoms with van der Waals surface area (Å²) in [6.45, 7) is 4.60. The molecule has 0 aromatic heterocycles. The van der Waals surface area contributed by atoms with Crippen LogP contribution in [0.25, 0.3) is 0 Å². The van der Waals surface area contributed by atoms with E-state index in [-0.39, 0.29) is 12.0 Å². The predicted octanol–water partition coefficient (Wildman–Crippen LogP) is 3.54. The normalized spacial score (nSPS) is 24.1. The lowest BCUT2D eigenvalue weighted by Crippen LogP contribution is -2.41. The van der Waals surface area contributed by atoms with Crippen molar-refractivity contribution in [2.45, 2.75) is 63.9 Å². The van der Waals surface area contributed by atoms with Crippen LogP contribution in [0.15, 0.2) is 62.8 Å². The molecule has 0 saturated heterocycles. The molecule has 13 heteroatoms. The van der Waals surface area contributed by atoms with Crippen LogP contribution in [-0.2, 0) is 40.0 Å². The summed E-state index contributed by atoms with van der Waals surface area (Å²) in [5.41, 5.74) is 4.10. The van der Waals surface area contributed by atoms with Crippen LogP contribution in [-0.4, -0.2) is 55.4 Å². The number of carbonyl (C=O) groups excluding carboxylic acids is 1. The van der Waals surface area contributed by atoms with E-state index in [9.17, 15) is 35.5 Å². The number of aryl methyl sites for hydroxylation is 1. The third-order valence-electron chi connectivity index (χ3n) is 7.92. The lowest BCUT2D eigenvalue weighted by Gasteiger charge is -2.41. The van der Waals surface area contributed by atoms with E-state index in [1.54, 1.807) is 6.08 Å². The van der Waals surface area contributed by atoms with Crippen molar-refractivity contribution in [2.75, 3.05) is 11.4 Å². The minimum Gasteiger partial charge on any atom is -0.483 e. The molecule has 0 radical (unpaired) electrons. The third kappa shape index (κ3) is 4.70. The number of hydrogen-bond acceptors (Lipinski definition) is 8. The van der Waals surface area contributed by atoms with Crippen molar-refractivity contribution >= 4 is 37.7 Å². The van der Waals surface area contributed by atoms with E-state index in [0.717, 1.165) is 35.0 Å². The molecule has 0 saturated carbocycles. The first-order valence-corrected chi connectivity index (χ1v) is 15.7. The second kappa shape index (κ2) is 9.68. The average molecular weight is 592 g/mol. The average Bonchev–Trinajstić information content (AvgIpc) is 3.08. The van der Waals surface area contributed by atoms with Crippen molar-refractivity contribution in [1.29, 1.82) is 0 Å². The zero-order valence-electron chi connectivity index (χ0n) is 21.9. The van der Waals surface area contributed by atoms with Gasteiger partial charge in [0.2, 0.25) is 5.78 Å². The predicted molar refractivity (Wildman–Crippen MR) is 144 cm³/mol. The van der Waals surface area contributed by atoms with Crippen molar-refractivity contribution in [3.05, 3.63) is 73.9 Å². The molecule has 2 atom stereocenters. The van der Waals surface area contributed by atoms with Gasteiger partial charge in [0.1, 0.15) is 11.0 Å². The van der Waals surface area contributed by atoms with Gasteiger partial charge in [0.15, 0.2) is 10.7 Å². The van der Waals surface area contributed by atoms with Crippen molar-refractivity contribution in [3.8, 4) is 0 Å². The molecule has 11 nitrogen and oxygen atoms in total. The van der Waals surface area contributed by atoms with E-state index < -0.39 is 59.1 Å². The first-order valence-electron chi connectivity index (χ1n) is 12.8. The van der Waals surface area contributed by atoms with Gasteiger partial charge >= 0.3 is 16.1 Å². The van der Waals surface area contributed by atoms with Gasteiger partial charge in [-0.15, -0.1) is 0 Å². The molecule has 4 aliphatic rings. The highest BCUT2D eigenvalue weighted by Gasteiger charge is 2.50. The molecule has 1 aliphatic carbocycles. The number of allylic oxidation sites excluding steroid dienone is 4. The molecule has 40 heavy (non-hydrogen) atoms. The fourth-order valence-corrected chi connectivity index (χ4v) is 7.61. The van der Waals surface area contributed by atoms with Crippen molar-refractivity contribution in [2.24, 2.45) is 0 Å². The summed E-state index contributed by atoms with van der Waals surface area (Å²) in [4.78, 5) is 23.5. The number of anilines is 1. The summed E-state index contributed by atoms with van der Waals surface area (Å²) in [7, 11) is -10.3. The molecule has 3 aliphatic heterocycles. The Hall–Kier alpha value is -3.26. The quantitative estimate of drug-likeness (QED) is 0.298. The molecule has 0 spiro atoms. The number of ketones is 1. The summed E-state index contributed by atoms with van der Waals surface area (Å²) >= 11 is 0. The molecular formula is C27H29NO10S2. The summed E-state index contributed by atoms with van der Waals surface area (Å²) in [5, 5.41) is 9.00. The van der Waals surface area contributed by atoms with Crippen LogP contribution in [0.4, 0.5) is 5.69 Å². The van der Waals surface area contributed by atoms with Crippen molar-refractivity contribution in [3.63, 3.8) is 0 Å². The van der Waals surface area contributed by atoms with Crippen LogP contribution in [0.5, 0.6) is 0 Å². The first kappa shape index (κ1) is 28.3. The molecule has 214 valence electrons. The number of Topliss-reactive ketones (excluding diaryl/α,β-unsaturated/α-hetero) is 1. The van der Waals surface area contributed by atoms with E-state index in [0.29, 0.717) is 37.8 Å². The molecular weight excluding hydrogens is 562 g/mol. The highest BCUT2D eigenvalue weighted by molar-refractivity contribution is 7.93. The highest BCUT2D eigenvalue weighted by atomic mass is 32.2. The number of rotatable bonds is 8. The number of hydrogen-bond donors (Lipinski definition) is 3. The lowest BCUT2D eigenvalue weighted by atomic mass is 9.73. The Morgan fingerprint density at radius 3 is 2.48 bits per heavy atom. The molecule has 3 heterocycles. The number of carboxylic acid groups (broad SMARTS) is 1. The number of unbranched alkanes of at least 4 members (excludes halogenated alkanes) is 2. The summed E-state index contributed by atoms with van der Waals surface area (Å²) in [6, 6.07) is 6.16. The van der Waals surface area contributed by atoms with Crippen LogP contribution < -0.4 is 4.90 Å². The van der Waals surface area contributed by atoms with Gasteiger partial charge < -0.3 is 14.7 Å². The van der Waals surface area contributed by atoms with E-state index in [1.807, 2.05) is 19.1 Å². The Kier molecular flexibility index (Phi) is 6.85. The Morgan fingerprint density at radius 2 is 1.82 bits per heavy atom. The smallest absolute Gasteiger partial charge is 0.303 e. The van der Waals surface area contributed by atoms with Gasteiger partial charge in [0.25, 0.3) is 10.1 Å². The minimum atomic E-state index is -5.21. The van der Waals surface area contributed by atoms with Gasteiger partial charge in [-0.05, 0) is 50.5 Å². The molecule has 0 fully saturated rings. The SMILES string of the molecule is Cc1ccc2c(c1)C(C)(CCCCCC(=O)O)C1=C3C=C4C=C(S(=O)(=O)O)C(=O)C(S(=O)(=O)O)=C4OC3CCN12. The van der Waals surface area contributed by atoms with Crippen molar-refractivity contribution in [1.82, 2.24) is 0 Å².